The fourth-order valence-corrected chi connectivity index (χ4v) is 2.81. The van der Waals surface area contributed by atoms with Crippen LogP contribution in [0.3, 0.4) is 0 Å². The Morgan fingerprint density at radius 1 is 1.35 bits per heavy atom. The van der Waals surface area contributed by atoms with Crippen molar-refractivity contribution in [3.8, 4) is 5.75 Å². The first-order chi connectivity index (χ1) is 9.76. The van der Waals surface area contributed by atoms with Gasteiger partial charge in [-0.1, -0.05) is 25.1 Å². The molecule has 0 saturated carbocycles. The van der Waals surface area contributed by atoms with Crippen LogP contribution in [0.4, 0.5) is 0 Å². The molecule has 2 heterocycles. The van der Waals surface area contributed by atoms with Crippen LogP contribution in [0, 0.1) is 0 Å². The Hall–Kier alpha value is -1.74. The van der Waals surface area contributed by atoms with E-state index in [0.29, 0.717) is 5.92 Å². The summed E-state index contributed by atoms with van der Waals surface area (Å²) in [6.45, 7) is 3.88. The number of fused-ring (bicyclic) bond motifs is 1. The number of benzene rings is 1. The van der Waals surface area contributed by atoms with E-state index in [1.807, 2.05) is 6.07 Å². The van der Waals surface area contributed by atoms with Crippen molar-refractivity contribution in [1.82, 2.24) is 4.57 Å². The Kier molecular flexibility index (Phi) is 3.79. The molecule has 0 spiro atoms. The first-order valence-corrected chi connectivity index (χ1v) is 7.38. The summed E-state index contributed by atoms with van der Waals surface area (Å²) in [4.78, 5) is 0. The van der Waals surface area contributed by atoms with E-state index in [1.165, 1.54) is 11.1 Å². The van der Waals surface area contributed by atoms with E-state index >= 15 is 0 Å². The van der Waals surface area contributed by atoms with Gasteiger partial charge < -0.3 is 15.0 Å². The lowest BCUT2D eigenvalue weighted by atomic mass is 10.0. The molecule has 0 amide bonds. The average Bonchev–Trinajstić information content (AvgIpc) is 3.07. The molecule has 0 fully saturated rings. The molecular weight excluding hydrogens is 248 g/mol. The van der Waals surface area contributed by atoms with E-state index in [-0.39, 0.29) is 6.04 Å². The maximum Gasteiger partial charge on any atom is 0.122 e. The molecular formula is C17H22N2O. The van der Waals surface area contributed by atoms with Crippen molar-refractivity contribution in [2.75, 3.05) is 6.61 Å². The van der Waals surface area contributed by atoms with Gasteiger partial charge in [0.25, 0.3) is 0 Å². The Balaban J connectivity index is 1.67. The summed E-state index contributed by atoms with van der Waals surface area (Å²) in [6, 6.07) is 10.8. The van der Waals surface area contributed by atoms with Crippen LogP contribution >= 0.6 is 0 Å². The lowest BCUT2D eigenvalue weighted by Crippen LogP contribution is -2.21. The molecule has 2 unspecified atom stereocenters. The van der Waals surface area contributed by atoms with Crippen molar-refractivity contribution in [2.45, 2.75) is 38.3 Å². The van der Waals surface area contributed by atoms with Crippen molar-refractivity contribution < 1.29 is 4.74 Å². The van der Waals surface area contributed by atoms with E-state index in [2.05, 4.69) is 48.1 Å². The van der Waals surface area contributed by atoms with E-state index in [0.717, 1.165) is 31.7 Å². The molecule has 3 nitrogen and oxygen atoms in total. The Morgan fingerprint density at radius 2 is 2.20 bits per heavy atom. The molecule has 106 valence electrons. The number of rotatable bonds is 5. The minimum Gasteiger partial charge on any atom is -0.493 e. The molecule has 1 aromatic carbocycles. The lowest BCUT2D eigenvalue weighted by Gasteiger charge is -2.10. The zero-order valence-corrected chi connectivity index (χ0v) is 12.0. The molecule has 0 aliphatic carbocycles. The number of para-hydroxylation sites is 1. The minimum absolute atomic E-state index is 0.265. The van der Waals surface area contributed by atoms with E-state index in [1.54, 1.807) is 0 Å². The Morgan fingerprint density at radius 3 is 3.05 bits per heavy atom. The van der Waals surface area contributed by atoms with Gasteiger partial charge in [-0.15, -0.1) is 0 Å². The lowest BCUT2D eigenvalue weighted by molar-refractivity contribution is 0.319. The number of hydrogen-bond acceptors (Lipinski definition) is 2. The molecule has 20 heavy (non-hydrogen) atoms. The standard InChI is InChI=1S/C17H22N2O/c1-2-15(18)9-13-7-8-19(10-13)11-14-12-20-17-6-4-3-5-16(14)17/h3-8,10,14-15H,2,9,11-12,18H2,1H3. The molecule has 2 atom stereocenters. The van der Waals surface area contributed by atoms with Crippen LogP contribution in [-0.2, 0) is 13.0 Å². The van der Waals surface area contributed by atoms with Crippen molar-refractivity contribution >= 4 is 0 Å². The molecule has 2 N–H and O–H groups in total. The Labute approximate surface area is 120 Å². The maximum absolute atomic E-state index is 6.01. The summed E-state index contributed by atoms with van der Waals surface area (Å²) in [6.07, 6.45) is 6.35. The van der Waals surface area contributed by atoms with E-state index in [4.69, 9.17) is 10.5 Å². The smallest absolute Gasteiger partial charge is 0.122 e. The summed E-state index contributed by atoms with van der Waals surface area (Å²) in [7, 11) is 0. The van der Waals surface area contributed by atoms with Crippen LogP contribution in [-0.4, -0.2) is 17.2 Å². The third kappa shape index (κ3) is 2.73. The number of hydrogen-bond donors (Lipinski definition) is 1. The number of nitrogens with zero attached hydrogens (tertiary/aromatic N) is 1. The SMILES string of the molecule is CCC(N)Cc1ccn(CC2COc3ccccc32)c1. The first-order valence-electron chi connectivity index (χ1n) is 7.38. The van der Waals surface area contributed by atoms with E-state index in [9.17, 15) is 0 Å². The molecule has 3 rings (SSSR count). The quantitative estimate of drug-likeness (QED) is 0.907. The molecule has 0 bridgehead atoms. The summed E-state index contributed by atoms with van der Waals surface area (Å²) >= 11 is 0. The summed E-state index contributed by atoms with van der Waals surface area (Å²) < 4.78 is 8.00. The van der Waals surface area contributed by atoms with Crippen LogP contribution in [0.5, 0.6) is 5.75 Å². The largest absolute Gasteiger partial charge is 0.493 e. The van der Waals surface area contributed by atoms with E-state index < -0.39 is 0 Å². The van der Waals surface area contributed by atoms with Crippen molar-refractivity contribution in [1.29, 1.82) is 0 Å². The zero-order chi connectivity index (χ0) is 13.9. The van der Waals surface area contributed by atoms with Crippen molar-refractivity contribution in [3.05, 3.63) is 53.9 Å². The van der Waals surface area contributed by atoms with Crippen molar-refractivity contribution in [3.63, 3.8) is 0 Å². The van der Waals surface area contributed by atoms with Crippen LogP contribution in [0.15, 0.2) is 42.7 Å². The third-order valence-corrected chi connectivity index (χ3v) is 4.06. The number of ether oxygens (including phenoxy) is 1. The predicted molar refractivity (Wildman–Crippen MR) is 81.1 cm³/mol. The normalized spacial score (nSPS) is 18.6. The van der Waals surface area contributed by atoms with Gasteiger partial charge in [0.2, 0.25) is 0 Å². The molecule has 0 radical (unpaired) electrons. The van der Waals surface area contributed by atoms with Gasteiger partial charge >= 0.3 is 0 Å². The summed E-state index contributed by atoms with van der Waals surface area (Å²) in [5.41, 5.74) is 8.66. The van der Waals surface area contributed by atoms with Gasteiger partial charge in [-0.2, -0.15) is 0 Å². The molecule has 1 aliphatic rings. The highest BCUT2D eigenvalue weighted by Gasteiger charge is 2.23. The maximum atomic E-state index is 6.01. The van der Waals surface area contributed by atoms with Crippen LogP contribution in [0.25, 0.3) is 0 Å². The van der Waals surface area contributed by atoms with Gasteiger partial charge in [0.1, 0.15) is 5.75 Å². The summed E-state index contributed by atoms with van der Waals surface area (Å²) in [5, 5.41) is 0. The highest BCUT2D eigenvalue weighted by molar-refractivity contribution is 5.39. The van der Waals surface area contributed by atoms with Gasteiger partial charge in [-0.05, 0) is 30.5 Å². The molecule has 1 aromatic heterocycles. The monoisotopic (exact) mass is 270 g/mol. The van der Waals surface area contributed by atoms with Crippen LogP contribution in [0.2, 0.25) is 0 Å². The molecule has 2 aromatic rings. The fraction of sp³-hybridized carbons (Fsp3) is 0.412. The van der Waals surface area contributed by atoms with Gasteiger partial charge in [0.15, 0.2) is 0 Å². The van der Waals surface area contributed by atoms with Gasteiger partial charge in [0, 0.05) is 36.5 Å². The zero-order valence-electron chi connectivity index (χ0n) is 12.0. The molecule has 1 aliphatic heterocycles. The Bertz CT molecular complexity index is 576. The van der Waals surface area contributed by atoms with Gasteiger partial charge in [-0.3, -0.25) is 0 Å². The molecule has 0 saturated heterocycles. The average molecular weight is 270 g/mol. The first kappa shape index (κ1) is 13.3. The number of aromatic nitrogens is 1. The number of nitrogens with two attached hydrogens (primary N) is 1. The summed E-state index contributed by atoms with van der Waals surface area (Å²) in [5.74, 6) is 1.49. The second-order valence-electron chi connectivity index (χ2n) is 5.63. The van der Waals surface area contributed by atoms with Crippen LogP contribution in [0.1, 0.15) is 30.4 Å². The van der Waals surface area contributed by atoms with Gasteiger partial charge in [-0.25, -0.2) is 0 Å². The second kappa shape index (κ2) is 5.71. The molecule has 3 heteroatoms. The third-order valence-electron chi connectivity index (χ3n) is 4.06. The van der Waals surface area contributed by atoms with Crippen LogP contribution < -0.4 is 10.5 Å². The van der Waals surface area contributed by atoms with Crippen molar-refractivity contribution in [2.24, 2.45) is 5.73 Å². The second-order valence-corrected chi connectivity index (χ2v) is 5.63. The fourth-order valence-electron chi connectivity index (χ4n) is 2.81. The highest BCUT2D eigenvalue weighted by atomic mass is 16.5. The minimum atomic E-state index is 0.265. The highest BCUT2D eigenvalue weighted by Crippen LogP contribution is 2.34. The topological polar surface area (TPSA) is 40.2 Å². The van der Waals surface area contributed by atoms with Gasteiger partial charge in [0.05, 0.1) is 6.61 Å². The predicted octanol–water partition coefficient (Wildman–Crippen LogP) is 2.94.